The van der Waals surface area contributed by atoms with Crippen molar-refractivity contribution in [2.24, 2.45) is 0 Å². The number of carbonyl (C=O) groups excluding carboxylic acids is 2. The molecule has 1 N–H and O–H groups in total. The zero-order chi connectivity index (χ0) is 25.0. The number of hydrogen-bond acceptors (Lipinski definition) is 7. The van der Waals surface area contributed by atoms with E-state index in [2.05, 4.69) is 15.2 Å². The molecule has 2 aromatic carbocycles. The standard InChI is InChI=1S/C25H29N5O4S/c1-18(31)19-11-13-20(14-12-19)35(33,34)29(2)15-7-10-23(32)28-24-25(30-16-5-6-17-30)27-22-9-4-3-8-21(22)26-24/h3-4,8-9,11-14H,5-7,10,15-17H2,1-2H3,(H,26,28,32). The second-order valence-electron chi connectivity index (χ2n) is 8.64. The quantitative estimate of drug-likeness (QED) is 0.452. The summed E-state index contributed by atoms with van der Waals surface area (Å²) in [6.07, 6.45) is 2.62. The van der Waals surface area contributed by atoms with Crippen molar-refractivity contribution in [3.8, 4) is 0 Å². The van der Waals surface area contributed by atoms with E-state index < -0.39 is 10.0 Å². The maximum atomic E-state index is 12.8. The molecule has 1 fully saturated rings. The van der Waals surface area contributed by atoms with Crippen LogP contribution < -0.4 is 10.2 Å². The van der Waals surface area contributed by atoms with Crippen LogP contribution in [-0.4, -0.2) is 61.1 Å². The highest BCUT2D eigenvalue weighted by molar-refractivity contribution is 7.89. The Labute approximate surface area is 205 Å². The van der Waals surface area contributed by atoms with Crippen LogP contribution in [0.5, 0.6) is 0 Å². The van der Waals surface area contributed by atoms with Crippen molar-refractivity contribution < 1.29 is 18.0 Å². The Hall–Kier alpha value is -3.37. The zero-order valence-corrected chi connectivity index (χ0v) is 20.7. The first kappa shape index (κ1) is 24.7. The van der Waals surface area contributed by atoms with Crippen molar-refractivity contribution in [1.29, 1.82) is 0 Å². The molecule has 0 radical (unpaired) electrons. The minimum absolute atomic E-state index is 0.108. The summed E-state index contributed by atoms with van der Waals surface area (Å²) in [5.74, 6) is 0.731. The number of anilines is 2. The molecule has 9 nitrogen and oxygen atoms in total. The molecule has 1 aliphatic rings. The molecule has 0 spiro atoms. The molecule has 3 aromatic rings. The highest BCUT2D eigenvalue weighted by Crippen LogP contribution is 2.28. The maximum absolute atomic E-state index is 12.8. The van der Waals surface area contributed by atoms with Gasteiger partial charge in [0.2, 0.25) is 15.9 Å². The lowest BCUT2D eigenvalue weighted by atomic mass is 10.2. The third-order valence-corrected chi connectivity index (χ3v) is 7.93. The lowest BCUT2D eigenvalue weighted by Gasteiger charge is -2.20. The van der Waals surface area contributed by atoms with Crippen molar-refractivity contribution in [2.45, 2.75) is 37.5 Å². The van der Waals surface area contributed by atoms with Gasteiger partial charge in [-0.1, -0.05) is 24.3 Å². The first-order chi connectivity index (χ1) is 16.8. The van der Waals surface area contributed by atoms with E-state index in [9.17, 15) is 18.0 Å². The topological polar surface area (TPSA) is 113 Å². The molecular weight excluding hydrogens is 466 g/mol. The smallest absolute Gasteiger partial charge is 0.242 e. The molecule has 1 aromatic heterocycles. The van der Waals surface area contributed by atoms with Gasteiger partial charge in [-0.2, -0.15) is 0 Å². The van der Waals surface area contributed by atoms with E-state index in [1.165, 1.54) is 42.5 Å². The minimum atomic E-state index is -3.72. The van der Waals surface area contributed by atoms with Gasteiger partial charge in [0, 0.05) is 38.7 Å². The third kappa shape index (κ3) is 5.66. The summed E-state index contributed by atoms with van der Waals surface area (Å²) < 4.78 is 26.8. The zero-order valence-electron chi connectivity index (χ0n) is 19.9. The number of benzene rings is 2. The Morgan fingerprint density at radius 1 is 1.00 bits per heavy atom. The Kier molecular flexibility index (Phi) is 7.42. The van der Waals surface area contributed by atoms with Gasteiger partial charge in [-0.05, 0) is 50.5 Å². The number of amides is 1. The van der Waals surface area contributed by atoms with Gasteiger partial charge in [0.1, 0.15) is 0 Å². The Bertz CT molecular complexity index is 1340. The normalized spacial score (nSPS) is 14.0. The second kappa shape index (κ2) is 10.5. The Balaban J connectivity index is 1.39. The summed E-state index contributed by atoms with van der Waals surface area (Å²) in [6, 6.07) is 13.4. The first-order valence-corrected chi connectivity index (χ1v) is 13.1. The number of nitrogens with one attached hydrogen (secondary N) is 1. The van der Waals surface area contributed by atoms with E-state index in [-0.39, 0.29) is 29.6 Å². The Morgan fingerprint density at radius 2 is 1.63 bits per heavy atom. The molecule has 2 heterocycles. The SMILES string of the molecule is CC(=O)c1ccc(S(=O)(=O)N(C)CCCC(=O)Nc2nc3ccccc3nc2N2CCCC2)cc1. The summed E-state index contributed by atoms with van der Waals surface area (Å²) in [5, 5.41) is 2.89. The fourth-order valence-electron chi connectivity index (χ4n) is 4.04. The number of sulfonamides is 1. The van der Waals surface area contributed by atoms with Crippen LogP contribution in [0.15, 0.2) is 53.4 Å². The van der Waals surface area contributed by atoms with Gasteiger partial charge in [-0.3, -0.25) is 9.59 Å². The van der Waals surface area contributed by atoms with Crippen molar-refractivity contribution in [3.63, 3.8) is 0 Å². The molecule has 1 saturated heterocycles. The molecule has 0 bridgehead atoms. The minimum Gasteiger partial charge on any atom is -0.354 e. The molecule has 10 heteroatoms. The molecule has 1 aliphatic heterocycles. The monoisotopic (exact) mass is 495 g/mol. The van der Waals surface area contributed by atoms with Crippen LogP contribution >= 0.6 is 0 Å². The van der Waals surface area contributed by atoms with Gasteiger partial charge in [0.05, 0.1) is 15.9 Å². The van der Waals surface area contributed by atoms with E-state index >= 15 is 0 Å². The number of carbonyl (C=O) groups is 2. The van der Waals surface area contributed by atoms with Crippen LogP contribution in [0.1, 0.15) is 43.0 Å². The van der Waals surface area contributed by atoms with E-state index in [1.54, 1.807) is 0 Å². The van der Waals surface area contributed by atoms with Gasteiger partial charge in [0.25, 0.3) is 0 Å². The van der Waals surface area contributed by atoms with Gasteiger partial charge in [0.15, 0.2) is 17.4 Å². The highest BCUT2D eigenvalue weighted by atomic mass is 32.2. The number of hydrogen-bond donors (Lipinski definition) is 1. The van der Waals surface area contributed by atoms with Crippen molar-refractivity contribution in [3.05, 3.63) is 54.1 Å². The number of rotatable bonds is 9. The second-order valence-corrected chi connectivity index (χ2v) is 10.7. The molecule has 4 rings (SSSR count). The first-order valence-electron chi connectivity index (χ1n) is 11.6. The summed E-state index contributed by atoms with van der Waals surface area (Å²) >= 11 is 0. The number of fused-ring (bicyclic) bond motifs is 1. The molecule has 0 unspecified atom stereocenters. The predicted molar refractivity (Wildman–Crippen MR) is 135 cm³/mol. The van der Waals surface area contributed by atoms with Crippen molar-refractivity contribution in [1.82, 2.24) is 14.3 Å². The molecular formula is C25H29N5O4S. The number of Topliss-reactive ketones (excluding diaryl/α,β-unsaturated/α-hetero) is 1. The predicted octanol–water partition coefficient (Wildman–Crippen LogP) is 3.47. The molecule has 184 valence electrons. The number of para-hydroxylation sites is 2. The van der Waals surface area contributed by atoms with E-state index in [0.717, 1.165) is 31.4 Å². The van der Waals surface area contributed by atoms with Gasteiger partial charge in [-0.25, -0.2) is 22.7 Å². The van der Waals surface area contributed by atoms with E-state index in [1.807, 2.05) is 24.3 Å². The average molecular weight is 496 g/mol. The van der Waals surface area contributed by atoms with E-state index in [4.69, 9.17) is 4.98 Å². The van der Waals surface area contributed by atoms with Crippen molar-refractivity contribution in [2.75, 3.05) is 36.9 Å². The largest absolute Gasteiger partial charge is 0.354 e. The summed E-state index contributed by atoms with van der Waals surface area (Å²) in [7, 11) is -2.24. The lowest BCUT2D eigenvalue weighted by molar-refractivity contribution is -0.116. The maximum Gasteiger partial charge on any atom is 0.242 e. The van der Waals surface area contributed by atoms with Crippen LogP contribution in [-0.2, 0) is 14.8 Å². The third-order valence-electron chi connectivity index (χ3n) is 6.06. The molecule has 0 aliphatic carbocycles. The number of nitrogens with zero attached hydrogens (tertiary/aromatic N) is 4. The summed E-state index contributed by atoms with van der Waals surface area (Å²) in [6.45, 7) is 3.34. The van der Waals surface area contributed by atoms with Gasteiger partial charge in [-0.15, -0.1) is 0 Å². The molecule has 35 heavy (non-hydrogen) atoms. The van der Waals surface area contributed by atoms with Crippen LogP contribution in [0.2, 0.25) is 0 Å². The van der Waals surface area contributed by atoms with Gasteiger partial charge < -0.3 is 10.2 Å². The highest BCUT2D eigenvalue weighted by Gasteiger charge is 2.23. The van der Waals surface area contributed by atoms with Crippen LogP contribution in [0.3, 0.4) is 0 Å². The number of ketones is 1. The van der Waals surface area contributed by atoms with Crippen LogP contribution in [0.25, 0.3) is 11.0 Å². The fourth-order valence-corrected chi connectivity index (χ4v) is 5.25. The molecule has 0 atom stereocenters. The Morgan fingerprint density at radius 3 is 2.26 bits per heavy atom. The summed E-state index contributed by atoms with van der Waals surface area (Å²) in [5.41, 5.74) is 1.93. The number of aromatic nitrogens is 2. The van der Waals surface area contributed by atoms with E-state index in [0.29, 0.717) is 29.1 Å². The van der Waals surface area contributed by atoms with Gasteiger partial charge >= 0.3 is 0 Å². The molecule has 0 saturated carbocycles. The average Bonchev–Trinajstić information content (AvgIpc) is 3.38. The van der Waals surface area contributed by atoms with Crippen LogP contribution in [0, 0.1) is 0 Å². The van der Waals surface area contributed by atoms with Crippen molar-refractivity contribution >= 4 is 44.4 Å². The fraction of sp³-hybridized carbons (Fsp3) is 0.360. The summed E-state index contributed by atoms with van der Waals surface area (Å²) in [4.78, 5) is 35.8. The molecule has 1 amide bonds. The van der Waals surface area contributed by atoms with Crippen LogP contribution in [0.4, 0.5) is 11.6 Å². The lowest BCUT2D eigenvalue weighted by Crippen LogP contribution is -2.29.